The fraction of sp³-hybridized carbons (Fsp3) is 1.00. The minimum Gasteiger partial charge on any atom is -0.329 e. The fourth-order valence-electron chi connectivity index (χ4n) is 4.45. The van der Waals surface area contributed by atoms with Crippen LogP contribution in [0, 0.1) is 5.92 Å². The summed E-state index contributed by atoms with van der Waals surface area (Å²) in [6.07, 6.45) is 6.86. The van der Waals surface area contributed by atoms with E-state index < -0.39 is 0 Å². The fourth-order valence-corrected chi connectivity index (χ4v) is 4.45. The van der Waals surface area contributed by atoms with Crippen LogP contribution in [0.15, 0.2) is 0 Å². The lowest BCUT2D eigenvalue weighted by Gasteiger charge is -2.46. The molecule has 0 spiro atoms. The van der Waals surface area contributed by atoms with Crippen LogP contribution in [0.25, 0.3) is 0 Å². The highest BCUT2D eigenvalue weighted by Gasteiger charge is 2.51. The molecule has 3 heterocycles. The second kappa shape index (κ2) is 4.52. The lowest BCUT2D eigenvalue weighted by molar-refractivity contribution is 0.0526. The normalized spacial score (nSPS) is 44.1. The Morgan fingerprint density at radius 2 is 2.06 bits per heavy atom. The van der Waals surface area contributed by atoms with E-state index in [2.05, 4.69) is 16.7 Å². The monoisotopic (exact) mass is 237 g/mol. The van der Waals surface area contributed by atoms with Gasteiger partial charge in [-0.2, -0.15) is 0 Å². The molecule has 3 fully saturated rings. The second-order valence-corrected chi connectivity index (χ2v) is 6.45. The molecule has 98 valence electrons. The molecule has 0 aromatic carbocycles. The number of likely N-dealkylation sites (tertiary alicyclic amines) is 1. The molecule has 3 unspecified atom stereocenters. The van der Waals surface area contributed by atoms with E-state index in [1.54, 1.807) is 0 Å². The molecule has 0 aromatic heterocycles. The van der Waals surface area contributed by atoms with Crippen molar-refractivity contribution in [1.29, 1.82) is 0 Å². The Hall–Kier alpha value is -0.120. The van der Waals surface area contributed by atoms with Gasteiger partial charge in [-0.25, -0.2) is 0 Å². The molecular formula is C14H27N3. The minimum absolute atomic E-state index is 0.325. The summed E-state index contributed by atoms with van der Waals surface area (Å²) < 4.78 is 0. The highest BCUT2D eigenvalue weighted by molar-refractivity contribution is 5.09. The van der Waals surface area contributed by atoms with Crippen LogP contribution < -0.4 is 5.73 Å². The Balaban J connectivity index is 1.81. The summed E-state index contributed by atoms with van der Waals surface area (Å²) in [5.74, 6) is 0.871. The quantitative estimate of drug-likeness (QED) is 0.785. The smallest absolute Gasteiger partial charge is 0.0498 e. The number of piperidine rings is 1. The molecule has 0 amide bonds. The summed E-state index contributed by atoms with van der Waals surface area (Å²) in [4.78, 5) is 5.47. The third kappa shape index (κ3) is 1.83. The first-order chi connectivity index (χ1) is 8.26. The maximum atomic E-state index is 6.23. The maximum absolute atomic E-state index is 6.23. The number of hydrogen-bond acceptors (Lipinski definition) is 3. The number of fused-ring (bicyclic) bond motifs is 1. The summed E-state index contributed by atoms with van der Waals surface area (Å²) in [7, 11) is 0. The molecule has 0 bridgehead atoms. The van der Waals surface area contributed by atoms with E-state index >= 15 is 0 Å². The summed E-state index contributed by atoms with van der Waals surface area (Å²) in [6, 6.07) is 0.756. The summed E-state index contributed by atoms with van der Waals surface area (Å²) >= 11 is 0. The standard InChI is InChI=1S/C14H27N3/c1-12-5-8-17(10-12)14(11-15)6-9-16-7-3-2-4-13(14)16/h12-13H,2-11,15H2,1H3. The zero-order chi connectivity index (χ0) is 11.9. The number of hydrogen-bond donors (Lipinski definition) is 1. The van der Waals surface area contributed by atoms with Crippen molar-refractivity contribution in [3.8, 4) is 0 Å². The van der Waals surface area contributed by atoms with Crippen molar-refractivity contribution < 1.29 is 0 Å². The van der Waals surface area contributed by atoms with Crippen molar-refractivity contribution in [2.45, 2.75) is 50.6 Å². The average molecular weight is 237 g/mol. The zero-order valence-electron chi connectivity index (χ0n) is 11.2. The lowest BCUT2D eigenvalue weighted by atomic mass is 9.84. The van der Waals surface area contributed by atoms with Gasteiger partial charge in [0.15, 0.2) is 0 Å². The molecule has 3 saturated heterocycles. The van der Waals surface area contributed by atoms with Crippen LogP contribution >= 0.6 is 0 Å². The second-order valence-electron chi connectivity index (χ2n) is 6.45. The van der Waals surface area contributed by atoms with Gasteiger partial charge < -0.3 is 5.73 Å². The molecular weight excluding hydrogens is 210 g/mol. The molecule has 3 atom stereocenters. The molecule has 2 N–H and O–H groups in total. The van der Waals surface area contributed by atoms with E-state index in [1.165, 1.54) is 58.3 Å². The number of rotatable bonds is 2. The summed E-state index contributed by atoms with van der Waals surface area (Å²) in [5, 5.41) is 0. The van der Waals surface area contributed by atoms with Gasteiger partial charge in [-0.3, -0.25) is 9.80 Å². The van der Waals surface area contributed by atoms with Crippen molar-refractivity contribution in [3.05, 3.63) is 0 Å². The largest absolute Gasteiger partial charge is 0.329 e. The molecule has 0 aliphatic carbocycles. The molecule has 0 radical (unpaired) electrons. The van der Waals surface area contributed by atoms with Crippen molar-refractivity contribution >= 4 is 0 Å². The van der Waals surface area contributed by atoms with Crippen LogP contribution in [0.4, 0.5) is 0 Å². The Kier molecular flexibility index (Phi) is 3.18. The highest BCUT2D eigenvalue weighted by atomic mass is 15.3. The van der Waals surface area contributed by atoms with Crippen LogP contribution in [-0.4, -0.2) is 54.1 Å². The van der Waals surface area contributed by atoms with Crippen molar-refractivity contribution in [3.63, 3.8) is 0 Å². The van der Waals surface area contributed by atoms with Crippen molar-refractivity contribution in [1.82, 2.24) is 9.80 Å². The van der Waals surface area contributed by atoms with Gasteiger partial charge in [0.05, 0.1) is 0 Å². The van der Waals surface area contributed by atoms with Crippen LogP contribution in [0.3, 0.4) is 0 Å². The van der Waals surface area contributed by atoms with Gasteiger partial charge in [0, 0.05) is 31.2 Å². The van der Waals surface area contributed by atoms with Crippen molar-refractivity contribution in [2.24, 2.45) is 11.7 Å². The third-order valence-corrected chi connectivity index (χ3v) is 5.47. The van der Waals surface area contributed by atoms with E-state index in [0.29, 0.717) is 5.54 Å². The van der Waals surface area contributed by atoms with Gasteiger partial charge in [-0.15, -0.1) is 0 Å². The van der Waals surface area contributed by atoms with Gasteiger partial charge in [-0.05, 0) is 44.7 Å². The molecule has 3 heteroatoms. The van der Waals surface area contributed by atoms with Gasteiger partial charge in [0.25, 0.3) is 0 Å². The zero-order valence-corrected chi connectivity index (χ0v) is 11.2. The van der Waals surface area contributed by atoms with Gasteiger partial charge >= 0.3 is 0 Å². The van der Waals surface area contributed by atoms with Crippen LogP contribution in [0.2, 0.25) is 0 Å². The number of nitrogens with zero attached hydrogens (tertiary/aromatic N) is 2. The summed E-state index contributed by atoms with van der Waals surface area (Å²) in [6.45, 7) is 8.41. The lowest BCUT2D eigenvalue weighted by Crippen LogP contribution is -2.61. The van der Waals surface area contributed by atoms with E-state index in [4.69, 9.17) is 5.73 Å². The van der Waals surface area contributed by atoms with Crippen LogP contribution in [-0.2, 0) is 0 Å². The first-order valence-corrected chi connectivity index (χ1v) is 7.45. The first kappa shape index (κ1) is 11.9. The Morgan fingerprint density at radius 1 is 1.18 bits per heavy atom. The van der Waals surface area contributed by atoms with Crippen LogP contribution in [0.1, 0.15) is 39.0 Å². The Bertz CT molecular complexity index is 281. The van der Waals surface area contributed by atoms with E-state index in [-0.39, 0.29) is 0 Å². The van der Waals surface area contributed by atoms with E-state index in [0.717, 1.165) is 18.5 Å². The average Bonchev–Trinajstić information content (AvgIpc) is 2.94. The van der Waals surface area contributed by atoms with Gasteiger partial charge in [0.1, 0.15) is 0 Å². The molecule has 0 saturated carbocycles. The van der Waals surface area contributed by atoms with E-state index in [9.17, 15) is 0 Å². The molecule has 17 heavy (non-hydrogen) atoms. The topological polar surface area (TPSA) is 32.5 Å². The summed E-state index contributed by atoms with van der Waals surface area (Å²) in [5.41, 5.74) is 6.56. The molecule has 3 nitrogen and oxygen atoms in total. The molecule has 0 aromatic rings. The Morgan fingerprint density at radius 3 is 2.76 bits per heavy atom. The molecule has 3 aliphatic heterocycles. The van der Waals surface area contributed by atoms with Crippen molar-refractivity contribution in [2.75, 3.05) is 32.7 Å². The van der Waals surface area contributed by atoms with Gasteiger partial charge in [-0.1, -0.05) is 13.3 Å². The van der Waals surface area contributed by atoms with Crippen LogP contribution in [0.5, 0.6) is 0 Å². The maximum Gasteiger partial charge on any atom is 0.0498 e. The predicted molar refractivity (Wildman–Crippen MR) is 71.0 cm³/mol. The number of nitrogens with two attached hydrogens (primary N) is 1. The molecule has 3 rings (SSSR count). The Labute approximate surface area is 105 Å². The third-order valence-electron chi connectivity index (χ3n) is 5.47. The predicted octanol–water partition coefficient (Wildman–Crippen LogP) is 1.28. The SMILES string of the molecule is CC1CCN(C2(CN)CCN3CCCCC32)C1. The molecule has 3 aliphatic rings. The highest BCUT2D eigenvalue weighted by Crippen LogP contribution is 2.40. The van der Waals surface area contributed by atoms with Gasteiger partial charge in [0.2, 0.25) is 0 Å². The first-order valence-electron chi connectivity index (χ1n) is 7.45. The van der Waals surface area contributed by atoms with E-state index in [1.807, 2.05) is 0 Å². The minimum atomic E-state index is 0.325.